The SMILES string of the molecule is COc1nc2c(-c3cc(N)n[nH]3)cccc2o1. The first-order valence-corrected chi connectivity index (χ1v) is 5.03. The van der Waals surface area contributed by atoms with Crippen LogP contribution >= 0.6 is 0 Å². The number of H-pyrrole nitrogens is 1. The normalized spacial score (nSPS) is 10.9. The lowest BCUT2D eigenvalue weighted by atomic mass is 10.1. The van der Waals surface area contributed by atoms with Gasteiger partial charge in [0.2, 0.25) is 0 Å². The van der Waals surface area contributed by atoms with E-state index < -0.39 is 0 Å². The highest BCUT2D eigenvalue weighted by Crippen LogP contribution is 2.30. The Balaban J connectivity index is 2.25. The van der Waals surface area contributed by atoms with E-state index in [9.17, 15) is 0 Å². The zero-order chi connectivity index (χ0) is 11.8. The second kappa shape index (κ2) is 3.51. The van der Waals surface area contributed by atoms with Gasteiger partial charge in [-0.05, 0) is 6.07 Å². The van der Waals surface area contributed by atoms with Crippen molar-refractivity contribution in [1.29, 1.82) is 0 Å². The molecule has 6 heteroatoms. The Morgan fingerprint density at radius 3 is 3.00 bits per heavy atom. The molecule has 17 heavy (non-hydrogen) atoms. The quantitative estimate of drug-likeness (QED) is 0.700. The third-order valence-electron chi connectivity index (χ3n) is 2.46. The lowest BCUT2D eigenvalue weighted by Crippen LogP contribution is -1.82. The molecule has 0 saturated heterocycles. The van der Waals surface area contributed by atoms with Crippen molar-refractivity contribution in [2.45, 2.75) is 0 Å². The Labute approximate surface area is 96.4 Å². The fourth-order valence-electron chi connectivity index (χ4n) is 1.71. The van der Waals surface area contributed by atoms with Crippen LogP contribution in [0.4, 0.5) is 5.82 Å². The van der Waals surface area contributed by atoms with Crippen molar-refractivity contribution in [1.82, 2.24) is 15.2 Å². The number of aromatic amines is 1. The Hall–Kier alpha value is -2.50. The first kappa shape index (κ1) is 9.71. The summed E-state index contributed by atoms with van der Waals surface area (Å²) in [6.45, 7) is 0. The summed E-state index contributed by atoms with van der Waals surface area (Å²) in [7, 11) is 1.51. The van der Waals surface area contributed by atoms with Gasteiger partial charge in [0, 0.05) is 11.6 Å². The van der Waals surface area contributed by atoms with E-state index in [1.165, 1.54) is 7.11 Å². The highest BCUT2D eigenvalue weighted by molar-refractivity contribution is 5.90. The van der Waals surface area contributed by atoms with Crippen LogP contribution in [0.15, 0.2) is 28.7 Å². The predicted octanol–water partition coefficient (Wildman–Crippen LogP) is 1.81. The van der Waals surface area contributed by atoms with E-state index in [1.807, 2.05) is 18.2 Å². The van der Waals surface area contributed by atoms with E-state index in [-0.39, 0.29) is 6.08 Å². The molecule has 2 aromatic heterocycles. The molecule has 0 aliphatic heterocycles. The number of nitrogens with one attached hydrogen (secondary N) is 1. The third kappa shape index (κ3) is 1.50. The van der Waals surface area contributed by atoms with E-state index >= 15 is 0 Å². The van der Waals surface area contributed by atoms with E-state index in [0.717, 1.165) is 11.3 Å². The van der Waals surface area contributed by atoms with Crippen LogP contribution in [0.3, 0.4) is 0 Å². The maximum absolute atomic E-state index is 5.58. The Morgan fingerprint density at radius 2 is 2.29 bits per heavy atom. The summed E-state index contributed by atoms with van der Waals surface area (Å²) in [6, 6.07) is 7.36. The first-order chi connectivity index (χ1) is 8.28. The van der Waals surface area contributed by atoms with Crippen molar-refractivity contribution in [3.05, 3.63) is 24.3 Å². The van der Waals surface area contributed by atoms with Crippen LogP contribution in [0.25, 0.3) is 22.4 Å². The van der Waals surface area contributed by atoms with Gasteiger partial charge in [-0.15, -0.1) is 0 Å². The molecule has 3 N–H and O–H groups in total. The number of hydrogen-bond acceptors (Lipinski definition) is 5. The third-order valence-corrected chi connectivity index (χ3v) is 2.46. The van der Waals surface area contributed by atoms with Crippen LogP contribution in [-0.4, -0.2) is 22.3 Å². The lowest BCUT2D eigenvalue weighted by Gasteiger charge is -1.96. The van der Waals surface area contributed by atoms with Crippen molar-refractivity contribution in [2.24, 2.45) is 0 Å². The molecule has 3 aromatic rings. The average molecular weight is 230 g/mol. The summed E-state index contributed by atoms with van der Waals surface area (Å²) >= 11 is 0. The zero-order valence-corrected chi connectivity index (χ0v) is 9.10. The van der Waals surface area contributed by atoms with Gasteiger partial charge in [-0.3, -0.25) is 5.10 Å². The van der Waals surface area contributed by atoms with Gasteiger partial charge in [-0.2, -0.15) is 10.1 Å². The van der Waals surface area contributed by atoms with Gasteiger partial charge in [0.1, 0.15) is 11.3 Å². The molecule has 0 spiro atoms. The Kier molecular flexibility index (Phi) is 2.01. The van der Waals surface area contributed by atoms with Crippen LogP contribution in [-0.2, 0) is 0 Å². The minimum atomic E-state index is 0.236. The van der Waals surface area contributed by atoms with Gasteiger partial charge in [0.15, 0.2) is 5.58 Å². The average Bonchev–Trinajstić information content (AvgIpc) is 2.93. The number of para-hydroxylation sites is 1. The predicted molar refractivity (Wildman–Crippen MR) is 62.6 cm³/mol. The number of aromatic nitrogens is 3. The topological polar surface area (TPSA) is 90.0 Å². The summed E-state index contributed by atoms with van der Waals surface area (Å²) in [5.74, 6) is 0.437. The summed E-state index contributed by atoms with van der Waals surface area (Å²) < 4.78 is 10.4. The van der Waals surface area contributed by atoms with Crippen molar-refractivity contribution in [2.75, 3.05) is 12.8 Å². The number of oxazole rings is 1. The fraction of sp³-hybridized carbons (Fsp3) is 0.0909. The monoisotopic (exact) mass is 230 g/mol. The van der Waals surface area contributed by atoms with Crippen molar-refractivity contribution < 1.29 is 9.15 Å². The molecule has 0 bridgehead atoms. The zero-order valence-electron chi connectivity index (χ0n) is 9.10. The Morgan fingerprint density at radius 1 is 1.41 bits per heavy atom. The number of nitrogens with two attached hydrogens (primary N) is 1. The molecular weight excluding hydrogens is 220 g/mol. The molecule has 1 aromatic carbocycles. The standard InChI is InChI=1S/C11H10N4O2/c1-16-11-13-10-6(3-2-4-8(10)17-11)7-5-9(12)15-14-7/h2-5H,1H3,(H3,12,14,15). The van der Waals surface area contributed by atoms with Crippen LogP contribution in [0.2, 0.25) is 0 Å². The number of hydrogen-bond donors (Lipinski definition) is 2. The lowest BCUT2D eigenvalue weighted by molar-refractivity contribution is 0.299. The molecule has 0 aliphatic carbocycles. The molecule has 0 saturated carbocycles. The van der Waals surface area contributed by atoms with Crippen molar-refractivity contribution in [3.8, 4) is 17.3 Å². The molecule has 0 aliphatic rings. The molecule has 0 fully saturated rings. The van der Waals surface area contributed by atoms with Crippen LogP contribution < -0.4 is 10.5 Å². The van der Waals surface area contributed by atoms with Gasteiger partial charge < -0.3 is 14.9 Å². The molecule has 0 radical (unpaired) electrons. The molecule has 0 unspecified atom stereocenters. The first-order valence-electron chi connectivity index (χ1n) is 5.03. The summed E-state index contributed by atoms with van der Waals surface area (Å²) in [5.41, 5.74) is 8.63. The second-order valence-electron chi connectivity index (χ2n) is 3.54. The number of fused-ring (bicyclic) bond motifs is 1. The largest absolute Gasteiger partial charge is 0.453 e. The van der Waals surface area contributed by atoms with E-state index in [0.29, 0.717) is 16.9 Å². The minimum absolute atomic E-state index is 0.236. The highest BCUT2D eigenvalue weighted by atomic mass is 16.6. The van der Waals surface area contributed by atoms with Crippen LogP contribution in [0.5, 0.6) is 6.08 Å². The second-order valence-corrected chi connectivity index (χ2v) is 3.54. The van der Waals surface area contributed by atoms with Gasteiger partial charge in [0.25, 0.3) is 0 Å². The summed E-state index contributed by atoms with van der Waals surface area (Å²) in [4.78, 5) is 4.24. The number of ether oxygens (including phenoxy) is 1. The fourth-order valence-corrected chi connectivity index (χ4v) is 1.71. The number of nitrogen functional groups attached to an aromatic ring is 1. The maximum Gasteiger partial charge on any atom is 0.394 e. The number of anilines is 1. The number of rotatable bonds is 2. The highest BCUT2D eigenvalue weighted by Gasteiger charge is 2.12. The van der Waals surface area contributed by atoms with Gasteiger partial charge in [-0.25, -0.2) is 0 Å². The maximum atomic E-state index is 5.58. The molecule has 2 heterocycles. The van der Waals surface area contributed by atoms with Crippen molar-refractivity contribution >= 4 is 16.9 Å². The van der Waals surface area contributed by atoms with Crippen molar-refractivity contribution in [3.63, 3.8) is 0 Å². The number of methoxy groups -OCH3 is 1. The number of nitrogens with zero attached hydrogens (tertiary/aromatic N) is 2. The molecular formula is C11H10N4O2. The summed E-state index contributed by atoms with van der Waals surface area (Å²) in [5, 5.41) is 6.73. The minimum Gasteiger partial charge on any atom is -0.453 e. The van der Waals surface area contributed by atoms with E-state index in [1.54, 1.807) is 6.07 Å². The molecule has 3 rings (SSSR count). The van der Waals surface area contributed by atoms with Gasteiger partial charge in [-0.1, -0.05) is 12.1 Å². The number of benzene rings is 1. The van der Waals surface area contributed by atoms with Crippen LogP contribution in [0, 0.1) is 0 Å². The molecule has 0 atom stereocenters. The molecule has 0 amide bonds. The molecule has 86 valence electrons. The van der Waals surface area contributed by atoms with Gasteiger partial charge >= 0.3 is 6.08 Å². The molecule has 6 nitrogen and oxygen atoms in total. The smallest absolute Gasteiger partial charge is 0.394 e. The van der Waals surface area contributed by atoms with E-state index in [4.69, 9.17) is 14.9 Å². The van der Waals surface area contributed by atoms with Gasteiger partial charge in [0.05, 0.1) is 12.8 Å². The summed E-state index contributed by atoms with van der Waals surface area (Å²) in [6.07, 6.45) is 0.236. The van der Waals surface area contributed by atoms with E-state index in [2.05, 4.69) is 15.2 Å². The van der Waals surface area contributed by atoms with Crippen LogP contribution in [0.1, 0.15) is 0 Å². The Bertz CT molecular complexity index is 671.